The third kappa shape index (κ3) is 2.65. The topological polar surface area (TPSA) is 46.9 Å². The lowest BCUT2D eigenvalue weighted by Gasteiger charge is -2.11. The largest absolute Gasteiger partial charge is 0.311 e. The number of benzene rings is 1. The molecule has 2 rings (SSSR count). The Labute approximate surface area is 106 Å². The van der Waals surface area contributed by atoms with E-state index in [0.717, 1.165) is 17.9 Å². The van der Waals surface area contributed by atoms with Gasteiger partial charge in [0.2, 0.25) is 5.43 Å². The first kappa shape index (κ1) is 12.5. The van der Waals surface area contributed by atoms with Gasteiger partial charge >= 0.3 is 0 Å². The first-order chi connectivity index (χ1) is 8.72. The van der Waals surface area contributed by atoms with Crippen molar-refractivity contribution in [3.05, 3.63) is 58.0 Å². The molecular formula is C14H17N3O. The molecule has 0 spiro atoms. The molecule has 0 aliphatic carbocycles. The average molecular weight is 243 g/mol. The predicted molar refractivity (Wildman–Crippen MR) is 72.0 cm³/mol. The fourth-order valence-electron chi connectivity index (χ4n) is 1.78. The van der Waals surface area contributed by atoms with Crippen LogP contribution in [0.15, 0.2) is 41.2 Å². The van der Waals surface area contributed by atoms with Crippen LogP contribution in [-0.2, 0) is 6.54 Å². The predicted octanol–water partition coefficient (Wildman–Crippen LogP) is 1.65. The van der Waals surface area contributed by atoms with E-state index in [0.29, 0.717) is 12.2 Å². The van der Waals surface area contributed by atoms with E-state index in [-0.39, 0.29) is 5.43 Å². The summed E-state index contributed by atoms with van der Waals surface area (Å²) in [6, 6.07) is 11.5. The number of aromatic nitrogens is 2. The first-order valence-corrected chi connectivity index (χ1v) is 6.08. The molecule has 1 aromatic carbocycles. The standard InChI is InChI=1S/C14H17N3O/c1-3-15-10-13-14(18)9-11(2)17(16-13)12-7-5-4-6-8-12/h4-9,15H,3,10H2,1-2H3. The summed E-state index contributed by atoms with van der Waals surface area (Å²) in [5.41, 5.74) is 2.34. The van der Waals surface area contributed by atoms with Crippen LogP contribution in [0, 0.1) is 6.92 Å². The fraction of sp³-hybridized carbons (Fsp3) is 0.286. The van der Waals surface area contributed by atoms with Gasteiger partial charge in [0, 0.05) is 18.3 Å². The van der Waals surface area contributed by atoms with Gasteiger partial charge in [0.05, 0.1) is 5.69 Å². The number of nitrogens with zero attached hydrogens (tertiary/aromatic N) is 2. The van der Waals surface area contributed by atoms with Gasteiger partial charge in [-0.15, -0.1) is 0 Å². The van der Waals surface area contributed by atoms with Crippen molar-refractivity contribution in [3.8, 4) is 5.69 Å². The molecule has 1 aromatic heterocycles. The summed E-state index contributed by atoms with van der Waals surface area (Å²) in [4.78, 5) is 11.8. The molecular weight excluding hydrogens is 226 g/mol. The molecule has 0 amide bonds. The van der Waals surface area contributed by atoms with Crippen LogP contribution in [0.4, 0.5) is 0 Å². The molecule has 2 aromatic rings. The van der Waals surface area contributed by atoms with E-state index in [4.69, 9.17) is 0 Å². The van der Waals surface area contributed by atoms with Gasteiger partial charge in [-0.05, 0) is 25.6 Å². The summed E-state index contributed by atoms with van der Waals surface area (Å²) in [6.07, 6.45) is 0. The Morgan fingerprint density at radius 2 is 2.00 bits per heavy atom. The van der Waals surface area contributed by atoms with Gasteiger partial charge in [0.25, 0.3) is 0 Å². The highest BCUT2D eigenvalue weighted by Gasteiger charge is 2.06. The second-order valence-corrected chi connectivity index (χ2v) is 4.12. The highest BCUT2D eigenvalue weighted by Crippen LogP contribution is 2.07. The lowest BCUT2D eigenvalue weighted by molar-refractivity contribution is 0.666. The zero-order chi connectivity index (χ0) is 13.0. The summed E-state index contributed by atoms with van der Waals surface area (Å²) < 4.78 is 1.80. The van der Waals surface area contributed by atoms with Crippen LogP contribution in [0.1, 0.15) is 18.3 Å². The Balaban J connectivity index is 2.45. The van der Waals surface area contributed by atoms with Gasteiger partial charge in [0.15, 0.2) is 0 Å². The molecule has 4 nitrogen and oxygen atoms in total. The molecule has 1 heterocycles. The molecule has 0 bridgehead atoms. The molecule has 0 saturated carbocycles. The normalized spacial score (nSPS) is 10.6. The molecule has 4 heteroatoms. The minimum absolute atomic E-state index is 0.0133. The number of para-hydroxylation sites is 1. The van der Waals surface area contributed by atoms with Crippen LogP contribution in [0.5, 0.6) is 0 Å². The molecule has 18 heavy (non-hydrogen) atoms. The van der Waals surface area contributed by atoms with Crippen LogP contribution in [0.25, 0.3) is 5.69 Å². The summed E-state index contributed by atoms with van der Waals surface area (Å²) in [5, 5.41) is 7.55. The van der Waals surface area contributed by atoms with Gasteiger partial charge in [0.1, 0.15) is 5.69 Å². The minimum Gasteiger partial charge on any atom is -0.311 e. The van der Waals surface area contributed by atoms with Gasteiger partial charge in [-0.2, -0.15) is 5.10 Å². The smallest absolute Gasteiger partial charge is 0.204 e. The quantitative estimate of drug-likeness (QED) is 0.888. The van der Waals surface area contributed by atoms with Crippen molar-refractivity contribution in [1.82, 2.24) is 15.1 Å². The van der Waals surface area contributed by atoms with E-state index in [1.807, 2.05) is 44.2 Å². The summed E-state index contributed by atoms with van der Waals surface area (Å²) in [5.74, 6) is 0. The van der Waals surface area contributed by atoms with E-state index in [9.17, 15) is 4.79 Å². The molecule has 0 unspecified atom stereocenters. The number of aryl methyl sites for hydroxylation is 1. The highest BCUT2D eigenvalue weighted by atomic mass is 16.1. The number of rotatable bonds is 4. The number of hydrogen-bond donors (Lipinski definition) is 1. The van der Waals surface area contributed by atoms with E-state index in [1.54, 1.807) is 10.7 Å². The molecule has 0 fully saturated rings. The SMILES string of the molecule is CCNCc1nn(-c2ccccc2)c(C)cc1=O. The van der Waals surface area contributed by atoms with Crippen molar-refractivity contribution in [2.45, 2.75) is 20.4 Å². The molecule has 0 aliphatic rings. The van der Waals surface area contributed by atoms with E-state index in [2.05, 4.69) is 10.4 Å². The fourth-order valence-corrected chi connectivity index (χ4v) is 1.78. The summed E-state index contributed by atoms with van der Waals surface area (Å²) in [7, 11) is 0. The Morgan fingerprint density at radius 1 is 1.28 bits per heavy atom. The first-order valence-electron chi connectivity index (χ1n) is 6.08. The lowest BCUT2D eigenvalue weighted by Crippen LogP contribution is -2.24. The molecule has 0 saturated heterocycles. The van der Waals surface area contributed by atoms with Crippen LogP contribution in [0.2, 0.25) is 0 Å². The number of hydrogen-bond acceptors (Lipinski definition) is 3. The maximum absolute atomic E-state index is 11.8. The van der Waals surface area contributed by atoms with Crippen molar-refractivity contribution >= 4 is 0 Å². The molecule has 1 N–H and O–H groups in total. The van der Waals surface area contributed by atoms with Crippen LogP contribution in [0.3, 0.4) is 0 Å². The molecule has 0 radical (unpaired) electrons. The van der Waals surface area contributed by atoms with Crippen LogP contribution < -0.4 is 10.7 Å². The van der Waals surface area contributed by atoms with Crippen molar-refractivity contribution in [1.29, 1.82) is 0 Å². The molecule has 0 aliphatic heterocycles. The van der Waals surface area contributed by atoms with Gasteiger partial charge in [-0.25, -0.2) is 4.68 Å². The number of nitrogens with one attached hydrogen (secondary N) is 1. The van der Waals surface area contributed by atoms with Crippen LogP contribution >= 0.6 is 0 Å². The maximum Gasteiger partial charge on any atom is 0.204 e. The summed E-state index contributed by atoms with van der Waals surface area (Å²) in [6.45, 7) is 5.21. The van der Waals surface area contributed by atoms with Gasteiger partial charge in [-0.3, -0.25) is 4.79 Å². The van der Waals surface area contributed by atoms with Crippen LogP contribution in [-0.4, -0.2) is 16.3 Å². The summed E-state index contributed by atoms with van der Waals surface area (Å²) >= 11 is 0. The van der Waals surface area contributed by atoms with Gasteiger partial charge in [-0.1, -0.05) is 25.1 Å². The zero-order valence-corrected chi connectivity index (χ0v) is 10.7. The monoisotopic (exact) mass is 243 g/mol. The average Bonchev–Trinajstić information content (AvgIpc) is 2.39. The van der Waals surface area contributed by atoms with Crippen molar-refractivity contribution < 1.29 is 0 Å². The second kappa shape index (κ2) is 5.60. The van der Waals surface area contributed by atoms with E-state index in [1.165, 1.54) is 0 Å². The Bertz CT molecular complexity index is 575. The van der Waals surface area contributed by atoms with Crippen molar-refractivity contribution in [2.24, 2.45) is 0 Å². The Kier molecular flexibility index (Phi) is 3.89. The zero-order valence-electron chi connectivity index (χ0n) is 10.7. The second-order valence-electron chi connectivity index (χ2n) is 4.12. The third-order valence-corrected chi connectivity index (χ3v) is 2.72. The minimum atomic E-state index is -0.0133. The molecule has 94 valence electrons. The maximum atomic E-state index is 11.8. The van der Waals surface area contributed by atoms with E-state index < -0.39 is 0 Å². The lowest BCUT2D eigenvalue weighted by atomic mass is 10.3. The van der Waals surface area contributed by atoms with E-state index >= 15 is 0 Å². The van der Waals surface area contributed by atoms with Crippen molar-refractivity contribution in [2.75, 3.05) is 6.54 Å². The van der Waals surface area contributed by atoms with Gasteiger partial charge < -0.3 is 5.32 Å². The van der Waals surface area contributed by atoms with Crippen molar-refractivity contribution in [3.63, 3.8) is 0 Å². The third-order valence-electron chi connectivity index (χ3n) is 2.72. The Hall–Kier alpha value is -1.94. The molecule has 0 atom stereocenters. The Morgan fingerprint density at radius 3 is 2.67 bits per heavy atom. The highest BCUT2D eigenvalue weighted by molar-refractivity contribution is 5.32.